The topological polar surface area (TPSA) is 98.6 Å². The number of carbonyl (C=O) groups is 1. The second kappa shape index (κ2) is 5.60. The summed E-state index contributed by atoms with van der Waals surface area (Å²) in [5, 5.41) is 9.44. The van der Waals surface area contributed by atoms with Crippen LogP contribution in [-0.2, 0) is 4.79 Å². The van der Waals surface area contributed by atoms with Crippen molar-refractivity contribution in [3.63, 3.8) is 0 Å². The van der Waals surface area contributed by atoms with E-state index in [1.165, 1.54) is 0 Å². The monoisotopic (exact) mass is 224 g/mol. The van der Waals surface area contributed by atoms with E-state index in [1.54, 1.807) is 31.2 Å². The van der Waals surface area contributed by atoms with Crippen LogP contribution in [0.5, 0.6) is 5.75 Å². The third kappa shape index (κ3) is 3.30. The van der Waals surface area contributed by atoms with Crippen LogP contribution in [0, 0.1) is 0 Å². The molecule has 0 saturated heterocycles. The van der Waals surface area contributed by atoms with E-state index < -0.39 is 18.1 Å². The van der Waals surface area contributed by atoms with Crippen LogP contribution in [0.1, 0.15) is 18.6 Å². The van der Waals surface area contributed by atoms with E-state index in [-0.39, 0.29) is 6.54 Å². The lowest BCUT2D eigenvalue weighted by molar-refractivity contribution is -0.135. The van der Waals surface area contributed by atoms with Gasteiger partial charge in [-0.3, -0.25) is 0 Å². The lowest BCUT2D eigenvalue weighted by atomic mass is 10.1. The second-order valence-electron chi connectivity index (χ2n) is 3.53. The molecule has 0 aliphatic carbocycles. The van der Waals surface area contributed by atoms with E-state index in [1.807, 2.05) is 0 Å². The van der Waals surface area contributed by atoms with Gasteiger partial charge in [0.15, 0.2) is 0 Å². The molecule has 1 aromatic carbocycles. The summed E-state index contributed by atoms with van der Waals surface area (Å²) in [6.07, 6.45) is -0.696. The average molecular weight is 224 g/mol. The van der Waals surface area contributed by atoms with Crippen molar-refractivity contribution in [1.82, 2.24) is 0 Å². The van der Waals surface area contributed by atoms with Gasteiger partial charge in [0.05, 0.1) is 6.10 Å². The van der Waals surface area contributed by atoms with Gasteiger partial charge in [-0.15, -0.1) is 0 Å². The largest absolute Gasteiger partial charge is 0.425 e. The Kier molecular flexibility index (Phi) is 4.42. The number of ether oxygens (including phenoxy) is 1. The van der Waals surface area contributed by atoms with Crippen LogP contribution in [0.15, 0.2) is 24.3 Å². The summed E-state index contributed by atoms with van der Waals surface area (Å²) in [7, 11) is 0. The molecule has 0 aliphatic heterocycles. The normalized spacial score (nSPS) is 14.2. The predicted octanol–water partition coefficient (Wildman–Crippen LogP) is -0.0687. The Morgan fingerprint density at radius 3 is 2.44 bits per heavy atom. The SMILES string of the molecule is C[C@H](N)C(=O)Oc1ccc(C(O)CN)cc1. The van der Waals surface area contributed by atoms with Gasteiger partial charge < -0.3 is 21.3 Å². The molecule has 2 atom stereocenters. The third-order valence-corrected chi connectivity index (χ3v) is 2.08. The van der Waals surface area contributed by atoms with Crippen LogP contribution in [0.4, 0.5) is 0 Å². The van der Waals surface area contributed by atoms with Crippen molar-refractivity contribution in [2.45, 2.75) is 19.1 Å². The summed E-state index contributed by atoms with van der Waals surface area (Å²) in [5.74, 6) is -0.0950. The van der Waals surface area contributed by atoms with Crippen molar-refractivity contribution in [2.75, 3.05) is 6.54 Å². The highest BCUT2D eigenvalue weighted by molar-refractivity contribution is 5.77. The minimum atomic E-state index is -0.696. The van der Waals surface area contributed by atoms with E-state index in [4.69, 9.17) is 16.2 Å². The number of rotatable bonds is 4. The summed E-state index contributed by atoms with van der Waals surface area (Å²) in [6.45, 7) is 1.70. The number of esters is 1. The molecule has 0 bridgehead atoms. The number of carbonyl (C=O) groups excluding carboxylic acids is 1. The zero-order valence-electron chi connectivity index (χ0n) is 9.09. The first kappa shape index (κ1) is 12.6. The minimum Gasteiger partial charge on any atom is -0.425 e. The van der Waals surface area contributed by atoms with E-state index in [2.05, 4.69) is 0 Å². The van der Waals surface area contributed by atoms with Crippen LogP contribution in [-0.4, -0.2) is 23.7 Å². The van der Waals surface area contributed by atoms with Gasteiger partial charge in [-0.05, 0) is 24.6 Å². The smallest absolute Gasteiger partial charge is 0.328 e. The maximum Gasteiger partial charge on any atom is 0.328 e. The summed E-state index contributed by atoms with van der Waals surface area (Å²) in [5.41, 5.74) is 11.3. The fourth-order valence-corrected chi connectivity index (χ4v) is 1.10. The zero-order valence-corrected chi connectivity index (χ0v) is 9.09. The molecule has 1 unspecified atom stereocenters. The zero-order chi connectivity index (χ0) is 12.1. The molecule has 16 heavy (non-hydrogen) atoms. The first-order chi connectivity index (χ1) is 7.54. The Hall–Kier alpha value is -1.43. The molecule has 0 fully saturated rings. The Morgan fingerprint density at radius 1 is 1.44 bits per heavy atom. The number of aliphatic hydroxyl groups is 1. The summed E-state index contributed by atoms with van der Waals surface area (Å²) < 4.78 is 4.97. The quantitative estimate of drug-likeness (QED) is 0.491. The second-order valence-corrected chi connectivity index (χ2v) is 3.53. The molecular formula is C11H16N2O3. The van der Waals surface area contributed by atoms with E-state index in [0.717, 1.165) is 0 Å². The number of nitrogens with two attached hydrogens (primary N) is 2. The molecule has 0 amide bonds. The summed E-state index contributed by atoms with van der Waals surface area (Å²) >= 11 is 0. The first-order valence-corrected chi connectivity index (χ1v) is 5.00. The van der Waals surface area contributed by atoms with Gasteiger partial charge in [0.2, 0.25) is 0 Å². The molecule has 0 heterocycles. The minimum absolute atomic E-state index is 0.152. The Morgan fingerprint density at radius 2 is 2.00 bits per heavy atom. The van der Waals surface area contributed by atoms with E-state index >= 15 is 0 Å². The predicted molar refractivity (Wildman–Crippen MR) is 59.7 cm³/mol. The van der Waals surface area contributed by atoms with Crippen molar-refractivity contribution in [1.29, 1.82) is 0 Å². The standard InChI is InChI=1S/C11H16N2O3/c1-7(13)11(15)16-9-4-2-8(3-5-9)10(14)6-12/h2-5,7,10,14H,6,12-13H2,1H3/t7-,10?/m0/s1. The summed E-state index contributed by atoms with van der Waals surface area (Å²) in [4.78, 5) is 11.2. The molecule has 0 radical (unpaired) electrons. The van der Waals surface area contributed by atoms with Crippen molar-refractivity contribution < 1.29 is 14.6 Å². The molecule has 5 N–H and O–H groups in total. The van der Waals surface area contributed by atoms with Gasteiger partial charge in [-0.2, -0.15) is 0 Å². The van der Waals surface area contributed by atoms with E-state index in [9.17, 15) is 9.90 Å². The third-order valence-electron chi connectivity index (χ3n) is 2.08. The fourth-order valence-electron chi connectivity index (χ4n) is 1.10. The number of aliphatic hydroxyl groups excluding tert-OH is 1. The lowest BCUT2D eigenvalue weighted by Gasteiger charge is -2.10. The molecule has 88 valence electrons. The van der Waals surface area contributed by atoms with Crippen LogP contribution in [0.25, 0.3) is 0 Å². The van der Waals surface area contributed by atoms with Gasteiger partial charge in [0.1, 0.15) is 11.8 Å². The van der Waals surface area contributed by atoms with E-state index in [0.29, 0.717) is 11.3 Å². The molecule has 0 aromatic heterocycles. The molecule has 0 aliphatic rings. The van der Waals surface area contributed by atoms with Crippen molar-refractivity contribution >= 4 is 5.97 Å². The number of benzene rings is 1. The fraction of sp³-hybridized carbons (Fsp3) is 0.364. The number of hydrogen-bond donors (Lipinski definition) is 3. The van der Waals surface area contributed by atoms with Crippen LogP contribution >= 0.6 is 0 Å². The Labute approximate surface area is 94.0 Å². The van der Waals surface area contributed by atoms with Crippen molar-refractivity contribution in [3.8, 4) is 5.75 Å². The molecule has 1 rings (SSSR count). The van der Waals surface area contributed by atoms with Gasteiger partial charge in [-0.1, -0.05) is 12.1 Å². The molecule has 0 saturated carbocycles. The molecule has 5 nitrogen and oxygen atoms in total. The Balaban J connectivity index is 2.68. The lowest BCUT2D eigenvalue weighted by Crippen LogP contribution is -2.30. The maximum absolute atomic E-state index is 11.2. The molecular weight excluding hydrogens is 208 g/mol. The maximum atomic E-state index is 11.2. The van der Waals surface area contributed by atoms with Crippen molar-refractivity contribution in [3.05, 3.63) is 29.8 Å². The Bertz CT molecular complexity index is 349. The van der Waals surface area contributed by atoms with Gasteiger partial charge >= 0.3 is 5.97 Å². The molecule has 1 aromatic rings. The summed E-state index contributed by atoms with van der Waals surface area (Å²) in [6, 6.07) is 5.83. The highest BCUT2D eigenvalue weighted by atomic mass is 16.5. The van der Waals surface area contributed by atoms with Crippen LogP contribution in [0.3, 0.4) is 0 Å². The van der Waals surface area contributed by atoms with Gasteiger partial charge in [0, 0.05) is 6.54 Å². The van der Waals surface area contributed by atoms with Crippen molar-refractivity contribution in [2.24, 2.45) is 11.5 Å². The van der Waals surface area contributed by atoms with Gasteiger partial charge in [0.25, 0.3) is 0 Å². The highest BCUT2D eigenvalue weighted by Gasteiger charge is 2.10. The number of hydrogen-bond acceptors (Lipinski definition) is 5. The first-order valence-electron chi connectivity index (χ1n) is 5.00. The van der Waals surface area contributed by atoms with Crippen LogP contribution in [0.2, 0.25) is 0 Å². The highest BCUT2D eigenvalue weighted by Crippen LogP contribution is 2.17. The molecule has 0 spiro atoms. The molecule has 5 heteroatoms. The van der Waals surface area contributed by atoms with Crippen LogP contribution < -0.4 is 16.2 Å². The average Bonchev–Trinajstić information content (AvgIpc) is 2.28. The van der Waals surface area contributed by atoms with Gasteiger partial charge in [-0.25, -0.2) is 4.79 Å².